The highest BCUT2D eigenvalue weighted by molar-refractivity contribution is 6.24. The van der Waals surface area contributed by atoms with E-state index >= 15 is 0 Å². The highest BCUT2D eigenvalue weighted by Crippen LogP contribution is 2.60. The Morgan fingerprint density at radius 2 is 1.83 bits per heavy atom. The molecule has 0 amide bonds. The van der Waals surface area contributed by atoms with E-state index in [2.05, 4.69) is 20.8 Å². The maximum absolute atomic E-state index is 12.9. The third kappa shape index (κ3) is 2.27. The molecule has 0 aromatic carbocycles. The van der Waals surface area contributed by atoms with Gasteiger partial charge in [0.15, 0.2) is 11.6 Å². The van der Waals surface area contributed by atoms with Crippen LogP contribution < -0.4 is 0 Å². The number of hydrogen-bond donors (Lipinski definition) is 1. The first-order valence-corrected chi connectivity index (χ1v) is 8.83. The molecule has 3 aliphatic carbocycles. The molecule has 3 atom stereocenters. The lowest BCUT2D eigenvalue weighted by atomic mass is 9.48. The predicted octanol–water partition coefficient (Wildman–Crippen LogP) is 3.61. The molecule has 1 fully saturated rings. The Kier molecular flexibility index (Phi) is 3.72. The second kappa shape index (κ2) is 5.14. The second-order valence-corrected chi connectivity index (χ2v) is 8.80. The summed E-state index contributed by atoms with van der Waals surface area (Å²) in [6.07, 6.45) is 4.42. The van der Waals surface area contributed by atoms with Gasteiger partial charge >= 0.3 is 0 Å². The molecule has 1 saturated carbocycles. The fourth-order valence-corrected chi connectivity index (χ4v) is 5.36. The van der Waals surface area contributed by atoms with E-state index in [4.69, 9.17) is 0 Å². The number of carbonyl (C=O) groups excluding carboxylic acids is 2. The van der Waals surface area contributed by atoms with Gasteiger partial charge in [0.25, 0.3) is 0 Å². The van der Waals surface area contributed by atoms with E-state index in [9.17, 15) is 14.7 Å². The summed E-state index contributed by atoms with van der Waals surface area (Å²) in [7, 11) is 0. The molecular weight excluding hydrogens is 288 g/mol. The summed E-state index contributed by atoms with van der Waals surface area (Å²) in [6.45, 7) is 10.5. The summed E-state index contributed by atoms with van der Waals surface area (Å²) in [4.78, 5) is 25.8. The topological polar surface area (TPSA) is 54.4 Å². The number of fused-ring (bicyclic) bond motifs is 2. The molecule has 3 heteroatoms. The summed E-state index contributed by atoms with van der Waals surface area (Å²) in [6, 6.07) is 0. The van der Waals surface area contributed by atoms with Gasteiger partial charge in [0.05, 0.1) is 6.10 Å². The van der Waals surface area contributed by atoms with E-state index in [1.54, 1.807) is 0 Å². The summed E-state index contributed by atoms with van der Waals surface area (Å²) in [5.74, 6) is 0.0849. The second-order valence-electron chi connectivity index (χ2n) is 8.80. The minimum atomic E-state index is -0.806. The predicted molar refractivity (Wildman–Crippen MR) is 89.8 cm³/mol. The quantitative estimate of drug-likeness (QED) is 0.752. The zero-order valence-corrected chi connectivity index (χ0v) is 14.9. The lowest BCUT2D eigenvalue weighted by Crippen LogP contribution is -2.52. The fraction of sp³-hybridized carbons (Fsp3) is 0.700. The summed E-state index contributed by atoms with van der Waals surface area (Å²) >= 11 is 0. The van der Waals surface area contributed by atoms with E-state index in [-0.39, 0.29) is 34.2 Å². The number of carbonyl (C=O) groups is 2. The van der Waals surface area contributed by atoms with Crippen molar-refractivity contribution in [2.75, 3.05) is 0 Å². The number of hydrogen-bond acceptors (Lipinski definition) is 3. The van der Waals surface area contributed by atoms with E-state index in [0.29, 0.717) is 23.1 Å². The lowest BCUT2D eigenvalue weighted by molar-refractivity contribution is -0.121. The van der Waals surface area contributed by atoms with Crippen molar-refractivity contribution in [2.24, 2.45) is 22.7 Å². The Balaban J connectivity index is 2.17. The van der Waals surface area contributed by atoms with Crippen molar-refractivity contribution in [1.29, 1.82) is 0 Å². The molecule has 23 heavy (non-hydrogen) atoms. The smallest absolute Gasteiger partial charge is 0.188 e. The highest BCUT2D eigenvalue weighted by atomic mass is 16.3. The van der Waals surface area contributed by atoms with Crippen LogP contribution in [0, 0.1) is 22.7 Å². The Morgan fingerprint density at radius 1 is 1.17 bits per heavy atom. The Hall–Kier alpha value is -1.22. The molecule has 0 saturated heterocycles. The first-order chi connectivity index (χ1) is 10.6. The third-order valence-electron chi connectivity index (χ3n) is 6.52. The van der Waals surface area contributed by atoms with Crippen molar-refractivity contribution in [3.05, 3.63) is 22.8 Å². The average Bonchev–Trinajstić information content (AvgIpc) is 2.43. The monoisotopic (exact) mass is 316 g/mol. The van der Waals surface area contributed by atoms with Crippen LogP contribution in [-0.2, 0) is 9.59 Å². The highest BCUT2D eigenvalue weighted by Gasteiger charge is 2.56. The molecule has 3 nitrogen and oxygen atoms in total. The minimum absolute atomic E-state index is 0.000950. The van der Waals surface area contributed by atoms with Crippen LogP contribution in [0.5, 0.6) is 0 Å². The molecule has 0 bridgehead atoms. The largest absolute Gasteiger partial charge is 0.388 e. The summed E-state index contributed by atoms with van der Waals surface area (Å²) in [5.41, 5.74) is 1.35. The van der Waals surface area contributed by atoms with Crippen LogP contribution in [0.3, 0.4) is 0 Å². The number of aliphatic hydroxyl groups excluding tert-OH is 1. The van der Waals surface area contributed by atoms with Gasteiger partial charge in [-0.15, -0.1) is 0 Å². The summed E-state index contributed by atoms with van der Waals surface area (Å²) in [5, 5.41) is 10.7. The van der Waals surface area contributed by atoms with E-state index in [1.807, 2.05) is 13.8 Å². The number of Topliss-reactive ketones (excluding diaryl/α,β-unsaturated/α-hetero) is 1. The zero-order valence-electron chi connectivity index (χ0n) is 14.9. The van der Waals surface area contributed by atoms with Gasteiger partial charge in [-0.2, -0.15) is 0 Å². The average molecular weight is 316 g/mol. The first kappa shape index (κ1) is 16.6. The third-order valence-corrected chi connectivity index (χ3v) is 6.52. The van der Waals surface area contributed by atoms with Gasteiger partial charge in [-0.25, -0.2) is 0 Å². The van der Waals surface area contributed by atoms with E-state index in [0.717, 1.165) is 19.3 Å². The van der Waals surface area contributed by atoms with E-state index < -0.39 is 6.10 Å². The van der Waals surface area contributed by atoms with Crippen LogP contribution in [0.4, 0.5) is 0 Å². The van der Waals surface area contributed by atoms with Gasteiger partial charge in [0, 0.05) is 22.1 Å². The van der Waals surface area contributed by atoms with Gasteiger partial charge in [-0.05, 0) is 42.6 Å². The van der Waals surface area contributed by atoms with Crippen LogP contribution in [0.2, 0.25) is 0 Å². The van der Waals surface area contributed by atoms with Gasteiger partial charge in [0.2, 0.25) is 0 Å². The first-order valence-electron chi connectivity index (χ1n) is 8.83. The van der Waals surface area contributed by atoms with Crippen LogP contribution in [-0.4, -0.2) is 22.8 Å². The molecular formula is C20H28O3. The summed E-state index contributed by atoms with van der Waals surface area (Å²) < 4.78 is 0. The Labute approximate surface area is 138 Å². The van der Waals surface area contributed by atoms with Gasteiger partial charge in [-0.3, -0.25) is 9.59 Å². The molecule has 0 radical (unpaired) electrons. The molecule has 3 rings (SSSR count). The molecule has 0 aromatic heterocycles. The van der Waals surface area contributed by atoms with Crippen molar-refractivity contribution in [1.82, 2.24) is 0 Å². The van der Waals surface area contributed by atoms with Gasteiger partial charge in [0.1, 0.15) is 0 Å². The van der Waals surface area contributed by atoms with Crippen LogP contribution in [0.25, 0.3) is 0 Å². The van der Waals surface area contributed by atoms with Crippen LogP contribution in [0.1, 0.15) is 60.3 Å². The molecule has 0 spiro atoms. The molecule has 1 unspecified atom stereocenters. The van der Waals surface area contributed by atoms with Crippen molar-refractivity contribution in [3.8, 4) is 0 Å². The van der Waals surface area contributed by atoms with Gasteiger partial charge < -0.3 is 5.11 Å². The van der Waals surface area contributed by atoms with Crippen molar-refractivity contribution in [3.63, 3.8) is 0 Å². The maximum Gasteiger partial charge on any atom is 0.188 e. The number of allylic oxidation sites excluding steroid dienone is 3. The standard InChI is InChI=1S/C20H28O3/c1-11(2)12-9-14(22)17-16(18(12)23)13(21)10-15-19(3,4)7-6-8-20(15,17)5/h9,11,13,15,21H,6-8,10H2,1-5H3/t13?,15-,20-/m0/s1. The molecule has 0 heterocycles. The Bertz CT molecular complexity index is 635. The van der Waals surface area contributed by atoms with Crippen LogP contribution in [0.15, 0.2) is 22.8 Å². The molecule has 0 aromatic rings. The minimum Gasteiger partial charge on any atom is -0.388 e. The normalized spacial score (nSPS) is 36.7. The number of ketones is 2. The number of aliphatic hydroxyl groups is 1. The molecule has 126 valence electrons. The zero-order chi connectivity index (χ0) is 17.2. The van der Waals surface area contributed by atoms with Crippen molar-refractivity contribution < 1.29 is 14.7 Å². The maximum atomic E-state index is 12.9. The fourth-order valence-electron chi connectivity index (χ4n) is 5.36. The number of rotatable bonds is 1. The molecule has 0 aliphatic heterocycles. The van der Waals surface area contributed by atoms with Crippen LogP contribution >= 0.6 is 0 Å². The lowest BCUT2D eigenvalue weighted by Gasteiger charge is -2.55. The molecule has 3 aliphatic rings. The van der Waals surface area contributed by atoms with Gasteiger partial charge in [-0.1, -0.05) is 41.0 Å². The SMILES string of the molecule is CC(C)C1=CC(=O)C2=C(C1=O)C(O)C[C@H]1C(C)(C)CCC[C@]21C. The molecule has 1 N–H and O–H groups in total. The van der Waals surface area contributed by atoms with E-state index in [1.165, 1.54) is 6.08 Å². The Morgan fingerprint density at radius 3 is 2.43 bits per heavy atom. The van der Waals surface area contributed by atoms with Crippen molar-refractivity contribution >= 4 is 11.6 Å². The van der Waals surface area contributed by atoms with Crippen molar-refractivity contribution in [2.45, 2.75) is 66.4 Å².